The van der Waals surface area contributed by atoms with E-state index < -0.39 is 0 Å². The van der Waals surface area contributed by atoms with E-state index in [1.807, 2.05) is 30.9 Å². The zero-order valence-electron chi connectivity index (χ0n) is 11.5. The van der Waals surface area contributed by atoms with Crippen molar-refractivity contribution < 1.29 is 9.90 Å². The van der Waals surface area contributed by atoms with Crippen molar-refractivity contribution in [2.45, 2.75) is 31.8 Å². The molecule has 4 nitrogen and oxygen atoms in total. The molecule has 0 aliphatic heterocycles. The van der Waals surface area contributed by atoms with Gasteiger partial charge in [0.25, 0.3) is 5.91 Å². The van der Waals surface area contributed by atoms with Crippen LogP contribution >= 0.6 is 15.9 Å². The van der Waals surface area contributed by atoms with E-state index in [9.17, 15) is 9.90 Å². The van der Waals surface area contributed by atoms with Crippen molar-refractivity contribution in [3.05, 3.63) is 22.4 Å². The molecule has 0 bridgehead atoms. The minimum atomic E-state index is -0.260. The van der Waals surface area contributed by atoms with Crippen LogP contribution in [0.1, 0.15) is 36.2 Å². The molecule has 106 valence electrons. The molecule has 1 aromatic rings. The van der Waals surface area contributed by atoms with E-state index in [1.54, 1.807) is 4.90 Å². The molecule has 2 unspecified atom stereocenters. The fourth-order valence-electron chi connectivity index (χ4n) is 2.77. The summed E-state index contributed by atoms with van der Waals surface area (Å²) < 4.78 is 2.73. The molecule has 2 atom stereocenters. The van der Waals surface area contributed by atoms with Crippen molar-refractivity contribution in [3.63, 3.8) is 0 Å². The van der Waals surface area contributed by atoms with Gasteiger partial charge in [-0.05, 0) is 34.8 Å². The predicted molar refractivity (Wildman–Crippen MR) is 78.0 cm³/mol. The van der Waals surface area contributed by atoms with E-state index >= 15 is 0 Å². The number of aromatic nitrogens is 1. The van der Waals surface area contributed by atoms with Crippen molar-refractivity contribution >= 4 is 21.8 Å². The largest absolute Gasteiger partial charge is 0.393 e. The highest BCUT2D eigenvalue weighted by Gasteiger charge is 2.26. The number of carbonyl (C=O) groups excluding carboxylic acids is 1. The fourth-order valence-corrected chi connectivity index (χ4v) is 3.29. The lowest BCUT2D eigenvalue weighted by Crippen LogP contribution is -2.38. The molecule has 0 radical (unpaired) electrons. The van der Waals surface area contributed by atoms with Crippen LogP contribution < -0.4 is 0 Å². The Labute approximate surface area is 122 Å². The van der Waals surface area contributed by atoms with Gasteiger partial charge in [-0.15, -0.1) is 0 Å². The van der Waals surface area contributed by atoms with Gasteiger partial charge in [0, 0.05) is 37.2 Å². The van der Waals surface area contributed by atoms with E-state index in [0.717, 1.165) is 30.2 Å². The van der Waals surface area contributed by atoms with E-state index in [4.69, 9.17) is 0 Å². The summed E-state index contributed by atoms with van der Waals surface area (Å²) in [6, 6.07) is 1.83. The molecular formula is C14H21BrN2O2. The third-order valence-corrected chi connectivity index (χ3v) is 4.35. The summed E-state index contributed by atoms with van der Waals surface area (Å²) in [5.74, 6) is 0.220. The third kappa shape index (κ3) is 3.39. The number of carbonyl (C=O) groups is 1. The molecule has 1 aliphatic rings. The first kappa shape index (κ1) is 14.6. The average molecular weight is 329 g/mol. The van der Waals surface area contributed by atoms with Gasteiger partial charge in [0.15, 0.2) is 0 Å². The van der Waals surface area contributed by atoms with Crippen LogP contribution in [0.3, 0.4) is 0 Å². The number of aliphatic hydroxyl groups is 1. The number of amides is 1. The molecule has 0 spiro atoms. The van der Waals surface area contributed by atoms with E-state index in [1.165, 1.54) is 0 Å². The molecular weight excluding hydrogens is 308 g/mol. The van der Waals surface area contributed by atoms with Crippen LogP contribution in [0.2, 0.25) is 0 Å². The smallest absolute Gasteiger partial charge is 0.270 e. The number of aryl methyl sites for hydroxylation is 1. The Hall–Kier alpha value is -0.810. The molecule has 1 aliphatic carbocycles. The Kier molecular flexibility index (Phi) is 4.68. The first-order chi connectivity index (χ1) is 8.99. The Bertz CT molecular complexity index is 458. The maximum atomic E-state index is 12.4. The van der Waals surface area contributed by atoms with Gasteiger partial charge in [0.2, 0.25) is 0 Å². The van der Waals surface area contributed by atoms with Crippen molar-refractivity contribution in [1.82, 2.24) is 9.47 Å². The topological polar surface area (TPSA) is 45.5 Å². The number of halogens is 1. The summed E-state index contributed by atoms with van der Waals surface area (Å²) in [7, 11) is 3.67. The first-order valence-corrected chi connectivity index (χ1v) is 7.53. The van der Waals surface area contributed by atoms with Gasteiger partial charge in [-0.25, -0.2) is 0 Å². The summed E-state index contributed by atoms with van der Waals surface area (Å²) in [6.07, 6.45) is 5.73. The highest BCUT2D eigenvalue weighted by molar-refractivity contribution is 9.10. The van der Waals surface area contributed by atoms with Crippen LogP contribution in [0, 0.1) is 5.92 Å². The van der Waals surface area contributed by atoms with Crippen LogP contribution in [0.15, 0.2) is 16.7 Å². The van der Waals surface area contributed by atoms with Gasteiger partial charge < -0.3 is 14.6 Å². The molecule has 19 heavy (non-hydrogen) atoms. The molecule has 0 aromatic carbocycles. The van der Waals surface area contributed by atoms with Crippen LogP contribution in [-0.4, -0.2) is 40.2 Å². The van der Waals surface area contributed by atoms with Gasteiger partial charge in [-0.1, -0.05) is 12.8 Å². The summed E-state index contributed by atoms with van der Waals surface area (Å²) in [6.45, 7) is 0.628. The lowest BCUT2D eigenvalue weighted by molar-refractivity contribution is 0.0447. The van der Waals surface area contributed by atoms with Gasteiger partial charge in [-0.3, -0.25) is 4.79 Å². The minimum Gasteiger partial charge on any atom is -0.393 e. The highest BCUT2D eigenvalue weighted by atomic mass is 79.9. The van der Waals surface area contributed by atoms with Crippen molar-refractivity contribution in [3.8, 4) is 0 Å². The highest BCUT2D eigenvalue weighted by Crippen LogP contribution is 2.25. The zero-order chi connectivity index (χ0) is 14.0. The van der Waals surface area contributed by atoms with Crippen molar-refractivity contribution in [1.29, 1.82) is 0 Å². The quantitative estimate of drug-likeness (QED) is 0.926. The zero-order valence-corrected chi connectivity index (χ0v) is 13.1. The summed E-state index contributed by atoms with van der Waals surface area (Å²) in [5.41, 5.74) is 0.666. The van der Waals surface area contributed by atoms with Crippen LogP contribution in [-0.2, 0) is 7.05 Å². The fraction of sp³-hybridized carbons (Fsp3) is 0.643. The third-order valence-electron chi connectivity index (χ3n) is 3.91. The summed E-state index contributed by atoms with van der Waals surface area (Å²) in [5, 5.41) is 9.98. The van der Waals surface area contributed by atoms with E-state index in [-0.39, 0.29) is 17.9 Å². The van der Waals surface area contributed by atoms with Gasteiger partial charge in [-0.2, -0.15) is 0 Å². The van der Waals surface area contributed by atoms with Crippen LogP contribution in [0.4, 0.5) is 0 Å². The second-order valence-electron chi connectivity index (χ2n) is 5.45. The second-order valence-corrected chi connectivity index (χ2v) is 6.37. The molecule has 1 heterocycles. The molecule has 1 fully saturated rings. The Morgan fingerprint density at radius 2 is 2.21 bits per heavy atom. The molecule has 5 heteroatoms. The van der Waals surface area contributed by atoms with Crippen LogP contribution in [0.5, 0.6) is 0 Å². The maximum absolute atomic E-state index is 12.4. The van der Waals surface area contributed by atoms with Crippen molar-refractivity contribution in [2.75, 3.05) is 13.6 Å². The van der Waals surface area contributed by atoms with Crippen molar-refractivity contribution in [2.24, 2.45) is 13.0 Å². The number of hydrogen-bond donors (Lipinski definition) is 1. The molecule has 1 aromatic heterocycles. The Balaban J connectivity index is 2.01. The first-order valence-electron chi connectivity index (χ1n) is 6.74. The lowest BCUT2D eigenvalue weighted by atomic mass is 9.86. The molecule has 2 rings (SSSR count). The SMILES string of the molecule is CN(CC1CCCCC1O)C(=O)c1cc(Br)cn1C. The monoisotopic (exact) mass is 328 g/mol. The average Bonchev–Trinajstić information content (AvgIpc) is 2.70. The lowest BCUT2D eigenvalue weighted by Gasteiger charge is -2.31. The predicted octanol–water partition coefficient (Wildman–Crippen LogP) is 2.41. The normalized spacial score (nSPS) is 23.4. The van der Waals surface area contributed by atoms with Crippen LogP contribution in [0.25, 0.3) is 0 Å². The number of nitrogens with zero attached hydrogens (tertiary/aromatic N) is 2. The molecule has 1 N–H and O–H groups in total. The molecule has 0 saturated heterocycles. The van der Waals surface area contributed by atoms with Gasteiger partial charge >= 0.3 is 0 Å². The summed E-state index contributed by atoms with van der Waals surface area (Å²) >= 11 is 3.38. The number of hydrogen-bond acceptors (Lipinski definition) is 2. The minimum absolute atomic E-state index is 0.00553. The Morgan fingerprint density at radius 1 is 1.53 bits per heavy atom. The molecule has 1 saturated carbocycles. The van der Waals surface area contributed by atoms with E-state index in [0.29, 0.717) is 12.2 Å². The Morgan fingerprint density at radius 3 is 2.79 bits per heavy atom. The number of aliphatic hydroxyl groups excluding tert-OH is 1. The maximum Gasteiger partial charge on any atom is 0.270 e. The molecule has 1 amide bonds. The summed E-state index contributed by atoms with van der Waals surface area (Å²) in [4.78, 5) is 14.1. The van der Waals surface area contributed by atoms with E-state index in [2.05, 4.69) is 15.9 Å². The van der Waals surface area contributed by atoms with Gasteiger partial charge in [0.05, 0.1) is 6.10 Å². The number of rotatable bonds is 3. The van der Waals surface area contributed by atoms with Gasteiger partial charge in [0.1, 0.15) is 5.69 Å². The standard InChI is InChI=1S/C14H21BrN2O2/c1-16-9-11(15)7-12(16)14(19)17(2)8-10-5-3-4-6-13(10)18/h7,9-10,13,18H,3-6,8H2,1-2H3. The second kappa shape index (κ2) is 6.09.